The fourth-order valence-electron chi connectivity index (χ4n) is 2.36. The number of nitrogens with two attached hydrogens (primary N) is 1. The summed E-state index contributed by atoms with van der Waals surface area (Å²) in [4.78, 5) is 11.4. The van der Waals surface area contributed by atoms with Crippen LogP contribution in [0, 0.1) is 5.92 Å². The molecule has 0 heterocycles. The lowest BCUT2D eigenvalue weighted by molar-refractivity contribution is -0.127. The lowest BCUT2D eigenvalue weighted by atomic mass is 9.78. The van der Waals surface area contributed by atoms with Gasteiger partial charge in [0, 0.05) is 13.1 Å². The third kappa shape index (κ3) is 5.33. The first-order valence-corrected chi connectivity index (χ1v) is 6.86. The third-order valence-electron chi connectivity index (χ3n) is 3.72. The molecule has 0 aliphatic heterocycles. The van der Waals surface area contributed by atoms with Crippen LogP contribution in [0.1, 0.15) is 39.0 Å². The summed E-state index contributed by atoms with van der Waals surface area (Å²) in [5.41, 5.74) is 4.53. The molecule has 1 saturated carbocycles. The van der Waals surface area contributed by atoms with Crippen LogP contribution in [0.2, 0.25) is 0 Å². The number of amides is 1. The van der Waals surface area contributed by atoms with E-state index in [0.29, 0.717) is 19.7 Å². The van der Waals surface area contributed by atoms with Crippen molar-refractivity contribution in [3.8, 4) is 0 Å². The summed E-state index contributed by atoms with van der Waals surface area (Å²) in [5, 5.41) is 13.1. The first-order valence-electron chi connectivity index (χ1n) is 6.86. The Morgan fingerprint density at radius 2 is 2.17 bits per heavy atom. The highest BCUT2D eigenvalue weighted by Crippen LogP contribution is 2.33. The SMILES string of the molecule is CCC1CCC(O)(CNC(=O)COCCN)CC1. The second-order valence-electron chi connectivity index (χ2n) is 5.19. The van der Waals surface area contributed by atoms with Gasteiger partial charge in [0.15, 0.2) is 0 Å². The van der Waals surface area contributed by atoms with E-state index in [0.717, 1.165) is 31.6 Å². The van der Waals surface area contributed by atoms with Crippen LogP contribution in [0.15, 0.2) is 0 Å². The molecule has 1 amide bonds. The second kappa shape index (κ2) is 7.71. The molecule has 5 nitrogen and oxygen atoms in total. The molecule has 0 radical (unpaired) electrons. The quantitative estimate of drug-likeness (QED) is 0.577. The van der Waals surface area contributed by atoms with Gasteiger partial charge in [-0.25, -0.2) is 0 Å². The number of aliphatic hydroxyl groups is 1. The molecule has 1 fully saturated rings. The van der Waals surface area contributed by atoms with Crippen molar-refractivity contribution in [3.05, 3.63) is 0 Å². The molecule has 0 aromatic rings. The molecule has 0 aromatic heterocycles. The van der Waals surface area contributed by atoms with Gasteiger partial charge in [-0.3, -0.25) is 4.79 Å². The molecule has 5 heteroatoms. The monoisotopic (exact) mass is 258 g/mol. The van der Waals surface area contributed by atoms with Crippen LogP contribution in [-0.2, 0) is 9.53 Å². The van der Waals surface area contributed by atoms with E-state index in [1.54, 1.807) is 0 Å². The van der Waals surface area contributed by atoms with Crippen LogP contribution in [0.4, 0.5) is 0 Å². The van der Waals surface area contributed by atoms with E-state index in [9.17, 15) is 9.90 Å². The average molecular weight is 258 g/mol. The van der Waals surface area contributed by atoms with Crippen molar-refractivity contribution in [1.29, 1.82) is 0 Å². The molecular weight excluding hydrogens is 232 g/mol. The van der Waals surface area contributed by atoms with Crippen LogP contribution >= 0.6 is 0 Å². The van der Waals surface area contributed by atoms with Crippen LogP contribution < -0.4 is 11.1 Å². The van der Waals surface area contributed by atoms with Gasteiger partial charge in [-0.2, -0.15) is 0 Å². The molecule has 0 atom stereocenters. The van der Waals surface area contributed by atoms with Crippen molar-refractivity contribution in [3.63, 3.8) is 0 Å². The van der Waals surface area contributed by atoms with Crippen molar-refractivity contribution in [2.24, 2.45) is 11.7 Å². The molecular formula is C13H26N2O3. The number of carbonyl (C=O) groups is 1. The van der Waals surface area contributed by atoms with Crippen molar-refractivity contribution < 1.29 is 14.6 Å². The van der Waals surface area contributed by atoms with Crippen LogP contribution in [0.25, 0.3) is 0 Å². The Kier molecular flexibility index (Phi) is 6.60. The van der Waals surface area contributed by atoms with Gasteiger partial charge in [0.1, 0.15) is 6.61 Å². The number of rotatable bonds is 7. The van der Waals surface area contributed by atoms with Crippen molar-refractivity contribution in [2.75, 3.05) is 26.3 Å². The predicted molar refractivity (Wildman–Crippen MR) is 70.1 cm³/mol. The minimum atomic E-state index is -0.727. The normalized spacial score (nSPS) is 28.1. The highest BCUT2D eigenvalue weighted by Gasteiger charge is 2.32. The molecule has 0 saturated heterocycles. The molecule has 18 heavy (non-hydrogen) atoms. The molecule has 0 spiro atoms. The maximum absolute atomic E-state index is 11.4. The van der Waals surface area contributed by atoms with E-state index in [1.807, 2.05) is 0 Å². The third-order valence-corrected chi connectivity index (χ3v) is 3.72. The van der Waals surface area contributed by atoms with E-state index in [4.69, 9.17) is 10.5 Å². The van der Waals surface area contributed by atoms with Gasteiger partial charge < -0.3 is 20.9 Å². The van der Waals surface area contributed by atoms with Gasteiger partial charge in [-0.15, -0.1) is 0 Å². The maximum Gasteiger partial charge on any atom is 0.246 e. The Morgan fingerprint density at radius 1 is 1.50 bits per heavy atom. The fourth-order valence-corrected chi connectivity index (χ4v) is 2.36. The Labute approximate surface area is 109 Å². The number of nitrogens with one attached hydrogen (secondary N) is 1. The zero-order valence-corrected chi connectivity index (χ0v) is 11.3. The van der Waals surface area contributed by atoms with E-state index >= 15 is 0 Å². The van der Waals surface area contributed by atoms with Crippen LogP contribution in [-0.4, -0.2) is 42.9 Å². The molecule has 0 aromatic carbocycles. The molecule has 0 unspecified atom stereocenters. The van der Waals surface area contributed by atoms with Gasteiger partial charge in [0.05, 0.1) is 12.2 Å². The smallest absolute Gasteiger partial charge is 0.246 e. The molecule has 4 N–H and O–H groups in total. The van der Waals surface area contributed by atoms with Gasteiger partial charge >= 0.3 is 0 Å². The van der Waals surface area contributed by atoms with Crippen molar-refractivity contribution >= 4 is 5.91 Å². The van der Waals surface area contributed by atoms with Gasteiger partial charge in [0.2, 0.25) is 5.91 Å². The number of carbonyl (C=O) groups excluding carboxylic acids is 1. The molecule has 1 aliphatic carbocycles. The van der Waals surface area contributed by atoms with Crippen molar-refractivity contribution in [2.45, 2.75) is 44.6 Å². The fraction of sp³-hybridized carbons (Fsp3) is 0.923. The minimum absolute atomic E-state index is 0.0187. The maximum atomic E-state index is 11.4. The molecule has 106 valence electrons. The molecule has 1 aliphatic rings. The zero-order chi connectivity index (χ0) is 13.4. The van der Waals surface area contributed by atoms with Crippen LogP contribution in [0.5, 0.6) is 0 Å². The van der Waals surface area contributed by atoms with Crippen LogP contribution in [0.3, 0.4) is 0 Å². The van der Waals surface area contributed by atoms with Gasteiger partial charge in [0.25, 0.3) is 0 Å². The van der Waals surface area contributed by atoms with E-state index in [1.165, 1.54) is 6.42 Å². The standard InChI is InChI=1S/C13H26N2O3/c1-2-11-3-5-13(17,6-4-11)10-15-12(16)9-18-8-7-14/h11,17H,2-10,14H2,1H3,(H,15,16). The Bertz CT molecular complexity index is 251. The summed E-state index contributed by atoms with van der Waals surface area (Å²) < 4.78 is 5.03. The van der Waals surface area contributed by atoms with E-state index in [2.05, 4.69) is 12.2 Å². The Balaban J connectivity index is 2.19. The minimum Gasteiger partial charge on any atom is -0.388 e. The first-order chi connectivity index (χ1) is 8.59. The highest BCUT2D eigenvalue weighted by molar-refractivity contribution is 5.77. The summed E-state index contributed by atoms with van der Waals surface area (Å²) in [6, 6.07) is 0. The van der Waals surface area contributed by atoms with Gasteiger partial charge in [-0.1, -0.05) is 13.3 Å². The Hall–Kier alpha value is -0.650. The summed E-state index contributed by atoms with van der Waals surface area (Å²) in [6.45, 7) is 3.33. The predicted octanol–water partition coefficient (Wildman–Crippen LogP) is 0.409. The molecule has 0 bridgehead atoms. The number of ether oxygens (including phenoxy) is 1. The first kappa shape index (κ1) is 15.4. The summed E-state index contributed by atoms with van der Waals surface area (Å²) in [5.74, 6) is 0.545. The average Bonchev–Trinajstić information content (AvgIpc) is 2.38. The lowest BCUT2D eigenvalue weighted by Crippen LogP contribution is -2.46. The van der Waals surface area contributed by atoms with E-state index in [-0.39, 0.29) is 12.5 Å². The van der Waals surface area contributed by atoms with Crippen molar-refractivity contribution in [1.82, 2.24) is 5.32 Å². The second-order valence-corrected chi connectivity index (χ2v) is 5.19. The lowest BCUT2D eigenvalue weighted by Gasteiger charge is -2.35. The van der Waals surface area contributed by atoms with E-state index < -0.39 is 5.60 Å². The summed E-state index contributed by atoms with van der Waals surface area (Å²) in [7, 11) is 0. The largest absolute Gasteiger partial charge is 0.388 e. The Morgan fingerprint density at radius 3 is 2.72 bits per heavy atom. The van der Waals surface area contributed by atoms with Gasteiger partial charge in [-0.05, 0) is 31.6 Å². The molecule has 1 rings (SSSR count). The number of hydrogen-bond acceptors (Lipinski definition) is 4. The highest BCUT2D eigenvalue weighted by atomic mass is 16.5. The topological polar surface area (TPSA) is 84.6 Å². The summed E-state index contributed by atoms with van der Waals surface area (Å²) in [6.07, 6.45) is 4.82. The number of hydrogen-bond donors (Lipinski definition) is 3. The zero-order valence-electron chi connectivity index (χ0n) is 11.3. The summed E-state index contributed by atoms with van der Waals surface area (Å²) >= 11 is 0.